The number of fused-ring (bicyclic) bond motifs is 2. The Morgan fingerprint density at radius 3 is 2.32 bits per heavy atom. The molecule has 2 aromatic heterocycles. The van der Waals surface area contributed by atoms with E-state index in [1.807, 2.05) is 66.7 Å². The van der Waals surface area contributed by atoms with Crippen molar-refractivity contribution in [1.82, 2.24) is 15.0 Å². The van der Waals surface area contributed by atoms with Gasteiger partial charge in [0.05, 0.1) is 16.7 Å². The minimum Gasteiger partial charge on any atom is -0.354 e. The second-order valence-corrected chi connectivity index (χ2v) is 6.63. The molecule has 0 atom stereocenters. The van der Waals surface area contributed by atoms with E-state index >= 15 is 0 Å². The Hall–Kier alpha value is -3.92. The molecule has 134 valence electrons. The van der Waals surface area contributed by atoms with Crippen molar-refractivity contribution in [3.8, 4) is 11.3 Å². The van der Waals surface area contributed by atoms with E-state index in [1.54, 1.807) is 6.08 Å². The van der Waals surface area contributed by atoms with Crippen LogP contribution in [0.3, 0.4) is 0 Å². The zero-order valence-electron chi connectivity index (χ0n) is 15.0. The Labute approximate surface area is 161 Å². The number of hydrogen-bond donors (Lipinski definition) is 2. The molecule has 0 fully saturated rings. The van der Waals surface area contributed by atoms with Crippen LogP contribution in [0.25, 0.3) is 39.3 Å². The van der Waals surface area contributed by atoms with Crippen LogP contribution in [0.1, 0.15) is 16.2 Å². The zero-order chi connectivity index (χ0) is 18.9. The first-order valence-electron chi connectivity index (χ1n) is 9.13. The molecule has 0 bridgehead atoms. The molecule has 5 rings (SSSR count). The first kappa shape index (κ1) is 16.3. The van der Waals surface area contributed by atoms with Gasteiger partial charge in [-0.25, -0.2) is 4.98 Å². The molecule has 3 aromatic carbocycles. The summed E-state index contributed by atoms with van der Waals surface area (Å²) in [5.41, 5.74) is 5.75. The number of allylic oxidation sites excluding steroid dienone is 1. The Morgan fingerprint density at radius 1 is 0.786 bits per heavy atom. The van der Waals surface area contributed by atoms with Gasteiger partial charge < -0.3 is 9.97 Å². The van der Waals surface area contributed by atoms with Crippen LogP contribution in [0.4, 0.5) is 0 Å². The number of rotatable bonds is 4. The average molecular weight is 363 g/mol. The zero-order valence-corrected chi connectivity index (χ0v) is 15.0. The molecule has 4 nitrogen and oxygen atoms in total. The Balaban J connectivity index is 1.58. The van der Waals surface area contributed by atoms with Gasteiger partial charge >= 0.3 is 0 Å². The largest absolute Gasteiger partial charge is 0.354 e. The summed E-state index contributed by atoms with van der Waals surface area (Å²) in [5, 5.41) is 1.08. The van der Waals surface area contributed by atoms with Crippen molar-refractivity contribution in [2.45, 2.75) is 0 Å². The number of hydrogen-bond acceptors (Lipinski definition) is 2. The lowest BCUT2D eigenvalue weighted by atomic mass is 10.0. The minimum atomic E-state index is -0.152. The highest BCUT2D eigenvalue weighted by atomic mass is 16.1. The fourth-order valence-corrected chi connectivity index (χ4v) is 3.48. The summed E-state index contributed by atoms with van der Waals surface area (Å²) in [6.07, 6.45) is 3.45. The standard InChI is InChI=1S/C24H17N3O/c28-22(24-26-20-12-6-7-13-21(20)27-24)15-14-18-17-10-4-5-11-19(17)25-23(18)16-8-2-1-3-9-16/h1-15,25H,(H,26,27)/b15-14-. The van der Waals surface area contributed by atoms with E-state index in [9.17, 15) is 4.79 Å². The van der Waals surface area contributed by atoms with Crippen LogP contribution >= 0.6 is 0 Å². The van der Waals surface area contributed by atoms with Crippen LogP contribution in [0.2, 0.25) is 0 Å². The first-order chi connectivity index (χ1) is 13.8. The van der Waals surface area contributed by atoms with E-state index in [-0.39, 0.29) is 5.78 Å². The monoisotopic (exact) mass is 363 g/mol. The van der Waals surface area contributed by atoms with Crippen molar-refractivity contribution in [2.24, 2.45) is 0 Å². The lowest BCUT2D eigenvalue weighted by molar-refractivity contribution is 0.103. The SMILES string of the molecule is O=C(/C=C\c1c(-c2ccccc2)[nH]c2ccccc12)c1nc2ccccc2[nH]1. The second kappa shape index (κ2) is 6.67. The molecule has 0 aliphatic heterocycles. The molecule has 5 aromatic rings. The quantitative estimate of drug-likeness (QED) is 0.322. The maximum atomic E-state index is 12.7. The predicted molar refractivity (Wildman–Crippen MR) is 113 cm³/mol. The van der Waals surface area contributed by atoms with Crippen molar-refractivity contribution in [2.75, 3.05) is 0 Å². The third-order valence-corrected chi connectivity index (χ3v) is 4.83. The number of imidazole rings is 1. The summed E-state index contributed by atoms with van der Waals surface area (Å²) >= 11 is 0. The molecular formula is C24H17N3O. The molecule has 28 heavy (non-hydrogen) atoms. The molecule has 0 saturated heterocycles. The van der Waals surface area contributed by atoms with Gasteiger partial charge in [-0.2, -0.15) is 0 Å². The number of nitrogens with zero attached hydrogens (tertiary/aromatic N) is 1. The van der Waals surface area contributed by atoms with Crippen molar-refractivity contribution in [1.29, 1.82) is 0 Å². The van der Waals surface area contributed by atoms with Gasteiger partial charge in [0.2, 0.25) is 5.78 Å². The number of carbonyl (C=O) groups excluding carboxylic acids is 1. The number of aromatic amines is 2. The van der Waals surface area contributed by atoms with Gasteiger partial charge in [0.1, 0.15) is 0 Å². The van der Waals surface area contributed by atoms with Gasteiger partial charge in [0.25, 0.3) is 0 Å². The van der Waals surface area contributed by atoms with E-state index in [0.717, 1.165) is 38.8 Å². The number of para-hydroxylation sites is 3. The van der Waals surface area contributed by atoms with Crippen LogP contribution < -0.4 is 0 Å². The third kappa shape index (κ3) is 2.81. The summed E-state index contributed by atoms with van der Waals surface area (Å²) in [5.74, 6) is 0.194. The van der Waals surface area contributed by atoms with Gasteiger partial charge in [0, 0.05) is 16.5 Å². The molecule has 0 aliphatic rings. The number of nitrogens with one attached hydrogen (secondary N) is 2. The number of H-pyrrole nitrogens is 2. The summed E-state index contributed by atoms with van der Waals surface area (Å²) in [7, 11) is 0. The molecular weight excluding hydrogens is 346 g/mol. The van der Waals surface area contributed by atoms with Gasteiger partial charge in [0.15, 0.2) is 5.82 Å². The van der Waals surface area contributed by atoms with E-state index in [4.69, 9.17) is 0 Å². The predicted octanol–water partition coefficient (Wildman–Crippen LogP) is 5.61. The van der Waals surface area contributed by atoms with Crippen molar-refractivity contribution in [3.63, 3.8) is 0 Å². The number of benzene rings is 3. The lowest BCUT2D eigenvalue weighted by Crippen LogP contribution is -1.96. The summed E-state index contributed by atoms with van der Waals surface area (Å²) in [4.78, 5) is 23.7. The Kier molecular flexibility index (Phi) is 3.87. The summed E-state index contributed by atoms with van der Waals surface area (Å²) in [6.45, 7) is 0. The number of ketones is 1. The molecule has 2 N–H and O–H groups in total. The maximum absolute atomic E-state index is 12.7. The Morgan fingerprint density at radius 2 is 1.50 bits per heavy atom. The van der Waals surface area contributed by atoms with Crippen LogP contribution in [0.15, 0.2) is 84.9 Å². The fourth-order valence-electron chi connectivity index (χ4n) is 3.48. The van der Waals surface area contributed by atoms with Crippen LogP contribution in [-0.4, -0.2) is 20.7 Å². The summed E-state index contributed by atoms with van der Waals surface area (Å²) < 4.78 is 0. The fraction of sp³-hybridized carbons (Fsp3) is 0. The van der Waals surface area contributed by atoms with E-state index < -0.39 is 0 Å². The van der Waals surface area contributed by atoms with Gasteiger partial charge in [-0.3, -0.25) is 4.79 Å². The second-order valence-electron chi connectivity index (χ2n) is 6.63. The molecule has 0 amide bonds. The highest BCUT2D eigenvalue weighted by Crippen LogP contribution is 2.31. The molecule has 4 heteroatoms. The van der Waals surface area contributed by atoms with E-state index in [1.165, 1.54) is 0 Å². The molecule has 0 radical (unpaired) electrons. The molecule has 2 heterocycles. The third-order valence-electron chi connectivity index (χ3n) is 4.83. The molecule has 0 unspecified atom stereocenters. The lowest BCUT2D eigenvalue weighted by Gasteiger charge is -2.00. The normalized spacial score (nSPS) is 11.6. The van der Waals surface area contributed by atoms with E-state index in [0.29, 0.717) is 5.82 Å². The van der Waals surface area contributed by atoms with E-state index in [2.05, 4.69) is 33.2 Å². The molecule has 0 aliphatic carbocycles. The van der Waals surface area contributed by atoms with Crippen LogP contribution in [0, 0.1) is 0 Å². The minimum absolute atomic E-state index is 0.152. The smallest absolute Gasteiger partial charge is 0.221 e. The maximum Gasteiger partial charge on any atom is 0.221 e. The summed E-state index contributed by atoms with van der Waals surface area (Å²) in [6, 6.07) is 25.9. The van der Waals surface area contributed by atoms with Crippen LogP contribution in [-0.2, 0) is 0 Å². The van der Waals surface area contributed by atoms with Crippen molar-refractivity contribution in [3.05, 3.63) is 96.3 Å². The molecule has 0 saturated carbocycles. The van der Waals surface area contributed by atoms with Crippen molar-refractivity contribution >= 4 is 33.8 Å². The van der Waals surface area contributed by atoms with Gasteiger partial charge in [-0.15, -0.1) is 0 Å². The molecule has 0 spiro atoms. The van der Waals surface area contributed by atoms with Gasteiger partial charge in [-0.1, -0.05) is 60.7 Å². The number of carbonyl (C=O) groups is 1. The van der Waals surface area contributed by atoms with Crippen LogP contribution in [0.5, 0.6) is 0 Å². The Bertz CT molecular complexity index is 1290. The van der Waals surface area contributed by atoms with Gasteiger partial charge in [-0.05, 0) is 35.9 Å². The highest BCUT2D eigenvalue weighted by molar-refractivity contribution is 6.08. The number of aromatic nitrogens is 3. The first-order valence-corrected chi connectivity index (χ1v) is 9.13. The van der Waals surface area contributed by atoms with Crippen molar-refractivity contribution < 1.29 is 4.79 Å². The topological polar surface area (TPSA) is 61.5 Å². The average Bonchev–Trinajstić information content (AvgIpc) is 3.34. The highest BCUT2D eigenvalue weighted by Gasteiger charge is 2.12.